The number of ether oxygens (including phenoxy) is 2. The molecule has 27 heavy (non-hydrogen) atoms. The van der Waals surface area contributed by atoms with Gasteiger partial charge in [0.15, 0.2) is 0 Å². The van der Waals surface area contributed by atoms with Crippen LogP contribution in [0.2, 0.25) is 0 Å². The molecule has 0 aliphatic rings. The van der Waals surface area contributed by atoms with Crippen molar-refractivity contribution in [3.8, 4) is 11.5 Å². The van der Waals surface area contributed by atoms with Gasteiger partial charge in [-0.3, -0.25) is 0 Å². The van der Waals surface area contributed by atoms with Gasteiger partial charge in [-0.25, -0.2) is 9.59 Å². The second kappa shape index (κ2) is 7.37. The summed E-state index contributed by atoms with van der Waals surface area (Å²) in [4.78, 5) is 23.8. The van der Waals surface area contributed by atoms with Crippen molar-refractivity contribution in [3.63, 3.8) is 0 Å². The van der Waals surface area contributed by atoms with Crippen molar-refractivity contribution in [2.24, 2.45) is 0 Å². The standard InChI is InChI=1S/C21H16O6/c22-20-18(12-14-6-1-3-8-16(14)26-20)24-10-5-11-25-19-13-15-7-2-4-9-17(15)27-21(19)23/h1-4,6-9,12-13H,5,10-11H2. The average molecular weight is 364 g/mol. The van der Waals surface area contributed by atoms with Gasteiger partial charge in [-0.1, -0.05) is 36.4 Å². The minimum atomic E-state index is -0.523. The molecule has 6 nitrogen and oxygen atoms in total. The van der Waals surface area contributed by atoms with E-state index in [9.17, 15) is 9.59 Å². The van der Waals surface area contributed by atoms with Crippen molar-refractivity contribution < 1.29 is 18.3 Å². The molecule has 0 aliphatic heterocycles. The number of fused-ring (bicyclic) bond motifs is 2. The third kappa shape index (κ3) is 3.69. The Morgan fingerprint density at radius 1 is 0.667 bits per heavy atom. The quantitative estimate of drug-likeness (QED) is 0.383. The summed E-state index contributed by atoms with van der Waals surface area (Å²) in [6, 6.07) is 17.7. The molecule has 0 N–H and O–H groups in total. The molecule has 0 unspecified atom stereocenters. The van der Waals surface area contributed by atoms with Crippen LogP contribution in [-0.2, 0) is 0 Å². The molecule has 0 spiro atoms. The predicted octanol–water partition coefficient (Wildman–Crippen LogP) is 3.75. The highest BCUT2D eigenvalue weighted by atomic mass is 16.5. The van der Waals surface area contributed by atoms with Gasteiger partial charge in [0.1, 0.15) is 11.2 Å². The summed E-state index contributed by atoms with van der Waals surface area (Å²) in [6.45, 7) is 0.504. The van der Waals surface area contributed by atoms with Crippen LogP contribution >= 0.6 is 0 Å². The molecular weight excluding hydrogens is 348 g/mol. The molecule has 0 saturated carbocycles. The Morgan fingerprint density at radius 2 is 1.11 bits per heavy atom. The van der Waals surface area contributed by atoms with E-state index in [-0.39, 0.29) is 24.7 Å². The maximum absolute atomic E-state index is 11.9. The predicted molar refractivity (Wildman–Crippen MR) is 101 cm³/mol. The van der Waals surface area contributed by atoms with Gasteiger partial charge in [0, 0.05) is 17.2 Å². The van der Waals surface area contributed by atoms with Gasteiger partial charge in [0.25, 0.3) is 0 Å². The van der Waals surface area contributed by atoms with Crippen LogP contribution in [0.15, 0.2) is 79.1 Å². The van der Waals surface area contributed by atoms with Crippen LogP contribution < -0.4 is 20.7 Å². The number of rotatable bonds is 6. The lowest BCUT2D eigenvalue weighted by molar-refractivity contribution is 0.237. The van der Waals surface area contributed by atoms with Gasteiger partial charge in [0.05, 0.1) is 13.2 Å². The van der Waals surface area contributed by atoms with Crippen LogP contribution in [0, 0.1) is 0 Å². The lowest BCUT2D eigenvalue weighted by Gasteiger charge is -2.07. The Bertz CT molecular complexity index is 1110. The van der Waals surface area contributed by atoms with Crippen LogP contribution in [0.1, 0.15) is 6.42 Å². The Balaban J connectivity index is 1.36. The largest absolute Gasteiger partial charge is 0.486 e. The third-order valence-corrected chi connectivity index (χ3v) is 4.02. The van der Waals surface area contributed by atoms with Crippen LogP contribution in [-0.4, -0.2) is 13.2 Å². The molecule has 2 heterocycles. The Hall–Kier alpha value is -3.54. The molecule has 0 aliphatic carbocycles. The van der Waals surface area contributed by atoms with E-state index < -0.39 is 11.3 Å². The van der Waals surface area contributed by atoms with E-state index >= 15 is 0 Å². The minimum Gasteiger partial charge on any atom is -0.486 e. The van der Waals surface area contributed by atoms with Gasteiger partial charge >= 0.3 is 11.3 Å². The van der Waals surface area contributed by atoms with Gasteiger partial charge in [-0.2, -0.15) is 0 Å². The lowest BCUT2D eigenvalue weighted by Crippen LogP contribution is -2.12. The second-order valence-electron chi connectivity index (χ2n) is 5.92. The minimum absolute atomic E-state index is 0.152. The van der Waals surface area contributed by atoms with Crippen molar-refractivity contribution in [2.75, 3.05) is 13.2 Å². The summed E-state index contributed by atoms with van der Waals surface area (Å²) < 4.78 is 21.4. The molecule has 2 aromatic heterocycles. The number of hydrogen-bond acceptors (Lipinski definition) is 6. The van der Waals surface area contributed by atoms with E-state index in [4.69, 9.17) is 18.3 Å². The lowest BCUT2D eigenvalue weighted by atomic mass is 10.2. The van der Waals surface area contributed by atoms with Gasteiger partial charge in [0.2, 0.25) is 11.5 Å². The molecule has 0 atom stereocenters. The van der Waals surface area contributed by atoms with Crippen LogP contribution in [0.25, 0.3) is 21.9 Å². The van der Waals surface area contributed by atoms with E-state index in [1.165, 1.54) is 0 Å². The highest BCUT2D eigenvalue weighted by molar-refractivity contribution is 5.78. The fourth-order valence-electron chi connectivity index (χ4n) is 2.71. The summed E-state index contributed by atoms with van der Waals surface area (Å²) in [7, 11) is 0. The maximum atomic E-state index is 11.9. The van der Waals surface area contributed by atoms with Crippen molar-refractivity contribution in [2.45, 2.75) is 6.42 Å². The van der Waals surface area contributed by atoms with Crippen molar-refractivity contribution in [3.05, 3.63) is 81.5 Å². The molecular formula is C21H16O6. The zero-order chi connectivity index (χ0) is 18.6. The zero-order valence-corrected chi connectivity index (χ0v) is 14.3. The molecule has 0 radical (unpaired) electrons. The number of para-hydroxylation sites is 2. The topological polar surface area (TPSA) is 78.9 Å². The average Bonchev–Trinajstić information content (AvgIpc) is 2.68. The van der Waals surface area contributed by atoms with E-state index in [0.29, 0.717) is 17.6 Å². The summed E-state index contributed by atoms with van der Waals surface area (Å²) in [5.41, 5.74) is -0.0167. The maximum Gasteiger partial charge on any atom is 0.379 e. The first kappa shape index (κ1) is 16.9. The summed E-state index contributed by atoms with van der Waals surface area (Å²) in [6.07, 6.45) is 0.485. The molecule has 6 heteroatoms. The van der Waals surface area contributed by atoms with Gasteiger partial charge in [-0.15, -0.1) is 0 Å². The SMILES string of the molecule is O=c1oc2ccccc2cc1OCCCOc1cc2ccccc2oc1=O. The fourth-order valence-corrected chi connectivity index (χ4v) is 2.71. The first-order valence-corrected chi connectivity index (χ1v) is 8.52. The van der Waals surface area contributed by atoms with E-state index in [1.807, 2.05) is 24.3 Å². The van der Waals surface area contributed by atoms with Crippen LogP contribution in [0.4, 0.5) is 0 Å². The van der Waals surface area contributed by atoms with Crippen molar-refractivity contribution in [1.29, 1.82) is 0 Å². The molecule has 136 valence electrons. The highest BCUT2D eigenvalue weighted by Crippen LogP contribution is 2.18. The van der Waals surface area contributed by atoms with E-state index in [1.54, 1.807) is 36.4 Å². The summed E-state index contributed by atoms with van der Waals surface area (Å²) in [5.74, 6) is 0.304. The van der Waals surface area contributed by atoms with Crippen molar-refractivity contribution >= 4 is 21.9 Å². The number of hydrogen-bond donors (Lipinski definition) is 0. The molecule has 0 saturated heterocycles. The normalized spacial score (nSPS) is 11.0. The first-order valence-electron chi connectivity index (χ1n) is 8.52. The molecule has 2 aromatic carbocycles. The summed E-state index contributed by atoms with van der Waals surface area (Å²) in [5, 5.41) is 1.58. The molecule has 0 fully saturated rings. The first-order chi connectivity index (χ1) is 13.2. The Kier molecular flexibility index (Phi) is 4.61. The number of benzene rings is 2. The summed E-state index contributed by atoms with van der Waals surface area (Å²) >= 11 is 0. The van der Waals surface area contributed by atoms with E-state index in [0.717, 1.165) is 10.8 Å². The van der Waals surface area contributed by atoms with Gasteiger partial charge in [-0.05, 0) is 24.3 Å². The highest BCUT2D eigenvalue weighted by Gasteiger charge is 2.08. The van der Waals surface area contributed by atoms with Gasteiger partial charge < -0.3 is 18.3 Å². The monoisotopic (exact) mass is 364 g/mol. The van der Waals surface area contributed by atoms with Crippen LogP contribution in [0.5, 0.6) is 11.5 Å². The molecule has 4 aromatic rings. The Morgan fingerprint density at radius 3 is 1.59 bits per heavy atom. The van der Waals surface area contributed by atoms with Crippen molar-refractivity contribution in [1.82, 2.24) is 0 Å². The smallest absolute Gasteiger partial charge is 0.379 e. The molecule has 4 rings (SSSR count). The van der Waals surface area contributed by atoms with Crippen LogP contribution in [0.3, 0.4) is 0 Å². The molecule has 0 bridgehead atoms. The molecule has 0 amide bonds. The Labute approximate surface area is 153 Å². The zero-order valence-electron chi connectivity index (χ0n) is 14.3. The third-order valence-electron chi connectivity index (χ3n) is 4.02. The second-order valence-corrected chi connectivity index (χ2v) is 5.92. The van der Waals surface area contributed by atoms with E-state index in [2.05, 4.69) is 0 Å². The fraction of sp³-hybridized carbons (Fsp3) is 0.143.